The molecule has 2 heterocycles. The van der Waals surface area contributed by atoms with Crippen LogP contribution in [0.3, 0.4) is 0 Å². The Balaban J connectivity index is 1.70. The molecule has 4 rings (SSSR count). The molecule has 1 aliphatic heterocycles. The number of nitrogens with one attached hydrogen (secondary N) is 1. The van der Waals surface area contributed by atoms with Gasteiger partial charge in [0.25, 0.3) is 5.56 Å². The molecular weight excluding hydrogens is 458 g/mol. The highest BCUT2D eigenvalue weighted by Crippen LogP contribution is 2.39. The number of hydrogen-bond donors (Lipinski definition) is 1. The molecule has 1 atom stereocenters. The SMILES string of the molecule is CCCCOc1ccccc1[C@@H]1CC(=O)Nc2c1c(=O)nc(SCc1ccccc1Cl)n2C. The fourth-order valence-corrected chi connectivity index (χ4v) is 5.16. The van der Waals surface area contributed by atoms with Crippen LogP contribution in [0.5, 0.6) is 5.75 Å². The summed E-state index contributed by atoms with van der Waals surface area (Å²) >= 11 is 7.68. The minimum Gasteiger partial charge on any atom is -0.493 e. The average Bonchev–Trinajstić information content (AvgIpc) is 2.81. The summed E-state index contributed by atoms with van der Waals surface area (Å²) in [6, 6.07) is 15.2. The zero-order valence-corrected chi connectivity index (χ0v) is 20.2. The molecule has 1 N–H and O–H groups in total. The normalized spacial score (nSPS) is 15.1. The van der Waals surface area contributed by atoms with Gasteiger partial charge in [-0.3, -0.25) is 9.59 Å². The highest BCUT2D eigenvalue weighted by molar-refractivity contribution is 7.98. The molecule has 1 amide bonds. The summed E-state index contributed by atoms with van der Waals surface area (Å²) in [5.74, 6) is 1.20. The van der Waals surface area contributed by atoms with Gasteiger partial charge in [0.1, 0.15) is 11.6 Å². The Hall–Kier alpha value is -2.77. The van der Waals surface area contributed by atoms with Crippen LogP contribution >= 0.6 is 23.4 Å². The van der Waals surface area contributed by atoms with E-state index in [1.807, 2.05) is 55.6 Å². The number of rotatable bonds is 8. The number of nitrogens with zero attached hydrogens (tertiary/aromatic N) is 2. The molecule has 0 spiro atoms. The van der Waals surface area contributed by atoms with Gasteiger partial charge >= 0.3 is 0 Å². The molecule has 1 aromatic heterocycles. The van der Waals surface area contributed by atoms with Gasteiger partial charge in [0.2, 0.25) is 5.91 Å². The summed E-state index contributed by atoms with van der Waals surface area (Å²) in [4.78, 5) is 30.3. The standard InChI is InChI=1S/C25H26ClN3O3S/c1-3-4-13-32-20-12-8-6-10-17(20)18-14-21(30)27-23-22(18)24(31)28-25(29(23)2)33-15-16-9-5-7-11-19(16)26/h5-12,18H,3-4,13-15H2,1-2H3,(H,27,30)/t18-/m0/s1. The molecule has 0 aliphatic carbocycles. The average molecular weight is 484 g/mol. The Labute approximate surface area is 202 Å². The predicted octanol–water partition coefficient (Wildman–Crippen LogP) is 5.38. The second-order valence-corrected chi connectivity index (χ2v) is 9.30. The smallest absolute Gasteiger partial charge is 0.279 e. The van der Waals surface area contributed by atoms with Crippen molar-refractivity contribution in [2.24, 2.45) is 7.05 Å². The second-order valence-electron chi connectivity index (χ2n) is 7.95. The first-order chi connectivity index (χ1) is 16.0. The van der Waals surface area contributed by atoms with E-state index in [9.17, 15) is 9.59 Å². The van der Waals surface area contributed by atoms with Crippen molar-refractivity contribution in [3.05, 3.63) is 80.6 Å². The van der Waals surface area contributed by atoms with Crippen LogP contribution < -0.4 is 15.6 Å². The Morgan fingerprint density at radius 1 is 1.18 bits per heavy atom. The lowest BCUT2D eigenvalue weighted by molar-refractivity contribution is -0.116. The summed E-state index contributed by atoms with van der Waals surface area (Å²) in [6.07, 6.45) is 2.13. The van der Waals surface area contributed by atoms with Gasteiger partial charge in [0, 0.05) is 35.7 Å². The maximum atomic E-state index is 13.2. The van der Waals surface area contributed by atoms with Gasteiger partial charge in [-0.05, 0) is 24.1 Å². The number of para-hydroxylation sites is 1. The molecule has 0 fully saturated rings. The molecule has 0 saturated carbocycles. The third-order valence-corrected chi connectivity index (χ3v) is 7.11. The molecule has 1 aliphatic rings. The van der Waals surface area contributed by atoms with Crippen molar-refractivity contribution in [1.29, 1.82) is 0 Å². The number of carbonyl (C=O) groups is 1. The molecule has 0 radical (unpaired) electrons. The zero-order chi connectivity index (χ0) is 23.4. The second kappa shape index (κ2) is 10.4. The number of hydrogen-bond acceptors (Lipinski definition) is 5. The lowest BCUT2D eigenvalue weighted by Gasteiger charge is -2.28. The highest BCUT2D eigenvalue weighted by Gasteiger charge is 2.33. The van der Waals surface area contributed by atoms with E-state index in [2.05, 4.69) is 17.2 Å². The number of ether oxygens (including phenoxy) is 1. The monoisotopic (exact) mass is 483 g/mol. The summed E-state index contributed by atoms with van der Waals surface area (Å²) in [5, 5.41) is 4.08. The van der Waals surface area contributed by atoms with Crippen molar-refractivity contribution < 1.29 is 9.53 Å². The number of fused-ring (bicyclic) bond motifs is 1. The fraction of sp³-hybridized carbons (Fsp3) is 0.320. The lowest BCUT2D eigenvalue weighted by atomic mass is 9.86. The molecule has 8 heteroatoms. The number of anilines is 1. The first kappa shape index (κ1) is 23.4. The lowest BCUT2D eigenvalue weighted by Crippen LogP contribution is -2.33. The van der Waals surface area contributed by atoms with Crippen LogP contribution in [-0.4, -0.2) is 22.1 Å². The topological polar surface area (TPSA) is 73.2 Å². The number of amides is 1. The van der Waals surface area contributed by atoms with Gasteiger partial charge in [-0.25, -0.2) is 0 Å². The van der Waals surface area contributed by atoms with E-state index in [0.717, 1.165) is 24.0 Å². The quantitative estimate of drug-likeness (QED) is 0.264. The van der Waals surface area contributed by atoms with Crippen LogP contribution in [0.2, 0.25) is 5.02 Å². The van der Waals surface area contributed by atoms with Crippen molar-refractivity contribution >= 4 is 35.1 Å². The summed E-state index contributed by atoms with van der Waals surface area (Å²) in [7, 11) is 1.81. The van der Waals surface area contributed by atoms with Crippen LogP contribution in [0.1, 0.15) is 48.8 Å². The van der Waals surface area contributed by atoms with Crippen molar-refractivity contribution in [1.82, 2.24) is 9.55 Å². The predicted molar refractivity (Wildman–Crippen MR) is 132 cm³/mol. The van der Waals surface area contributed by atoms with E-state index in [0.29, 0.717) is 39.7 Å². The van der Waals surface area contributed by atoms with Gasteiger partial charge < -0.3 is 14.6 Å². The van der Waals surface area contributed by atoms with E-state index in [4.69, 9.17) is 16.3 Å². The van der Waals surface area contributed by atoms with E-state index in [-0.39, 0.29) is 17.9 Å². The minimum absolute atomic E-state index is 0.140. The van der Waals surface area contributed by atoms with E-state index in [1.54, 1.807) is 4.57 Å². The summed E-state index contributed by atoms with van der Waals surface area (Å²) in [6.45, 7) is 2.70. The van der Waals surface area contributed by atoms with Gasteiger partial charge in [-0.1, -0.05) is 73.1 Å². The Bertz CT molecular complexity index is 1230. The van der Waals surface area contributed by atoms with E-state index in [1.165, 1.54) is 11.8 Å². The minimum atomic E-state index is -0.416. The number of benzene rings is 2. The molecule has 0 bridgehead atoms. The third-order valence-electron chi connectivity index (χ3n) is 5.67. The van der Waals surface area contributed by atoms with Crippen LogP contribution in [0.15, 0.2) is 58.5 Å². The summed E-state index contributed by atoms with van der Waals surface area (Å²) in [5.41, 5.74) is 1.94. The molecule has 0 unspecified atom stereocenters. The third kappa shape index (κ3) is 5.09. The van der Waals surface area contributed by atoms with Gasteiger partial charge in [-0.2, -0.15) is 4.98 Å². The number of aromatic nitrogens is 2. The van der Waals surface area contributed by atoms with Crippen molar-refractivity contribution in [2.75, 3.05) is 11.9 Å². The van der Waals surface area contributed by atoms with Crippen molar-refractivity contribution in [3.63, 3.8) is 0 Å². The van der Waals surface area contributed by atoms with Gasteiger partial charge in [0.15, 0.2) is 5.16 Å². The maximum Gasteiger partial charge on any atom is 0.279 e. The number of unbranched alkanes of at least 4 members (excludes halogenated alkanes) is 1. The van der Waals surface area contributed by atoms with Crippen molar-refractivity contribution in [3.8, 4) is 5.75 Å². The first-order valence-corrected chi connectivity index (χ1v) is 12.3. The molecule has 172 valence electrons. The molecular formula is C25H26ClN3O3S. The highest BCUT2D eigenvalue weighted by atomic mass is 35.5. The number of carbonyl (C=O) groups excluding carboxylic acids is 1. The summed E-state index contributed by atoms with van der Waals surface area (Å²) < 4.78 is 7.78. The van der Waals surface area contributed by atoms with E-state index < -0.39 is 5.92 Å². The molecule has 2 aromatic carbocycles. The molecule has 33 heavy (non-hydrogen) atoms. The Kier molecular flexibility index (Phi) is 7.40. The van der Waals surface area contributed by atoms with Gasteiger partial charge in [-0.15, -0.1) is 0 Å². The Morgan fingerprint density at radius 3 is 2.73 bits per heavy atom. The molecule has 3 aromatic rings. The number of thioether (sulfide) groups is 1. The fourth-order valence-electron chi connectivity index (χ4n) is 3.91. The first-order valence-electron chi connectivity index (χ1n) is 11.0. The van der Waals surface area contributed by atoms with Crippen molar-refractivity contribution in [2.45, 2.75) is 43.0 Å². The number of halogens is 1. The van der Waals surface area contributed by atoms with Gasteiger partial charge in [0.05, 0.1) is 12.2 Å². The maximum absolute atomic E-state index is 13.2. The molecule has 0 saturated heterocycles. The van der Waals surface area contributed by atoms with Crippen LogP contribution in [-0.2, 0) is 17.6 Å². The van der Waals surface area contributed by atoms with Crippen LogP contribution in [0.4, 0.5) is 5.82 Å². The largest absolute Gasteiger partial charge is 0.493 e. The zero-order valence-electron chi connectivity index (χ0n) is 18.6. The van der Waals surface area contributed by atoms with E-state index >= 15 is 0 Å². The van der Waals surface area contributed by atoms with Crippen LogP contribution in [0.25, 0.3) is 0 Å². The van der Waals surface area contributed by atoms with Crippen LogP contribution in [0, 0.1) is 0 Å². The Morgan fingerprint density at radius 2 is 1.94 bits per heavy atom. The molecule has 6 nitrogen and oxygen atoms in total.